The highest BCUT2D eigenvalue weighted by Gasteiger charge is 2.02. The molecule has 1 aromatic rings. The van der Waals surface area contributed by atoms with Crippen LogP contribution in [0.25, 0.3) is 0 Å². The number of hydrogen-bond acceptors (Lipinski definition) is 2. The molecular weight excluding hydrogens is 387 g/mol. The predicted molar refractivity (Wildman–Crippen MR) is 107 cm³/mol. The molecule has 0 aromatic heterocycles. The summed E-state index contributed by atoms with van der Waals surface area (Å²) in [6, 6.07) is 8.83. The van der Waals surface area contributed by atoms with E-state index in [-0.39, 0.29) is 24.0 Å². The van der Waals surface area contributed by atoms with Gasteiger partial charge >= 0.3 is 0 Å². The number of guanidine groups is 1. The maximum Gasteiger partial charge on any atom is 0.191 e. The zero-order chi connectivity index (χ0) is 15.5. The first kappa shape index (κ1) is 21.2. The number of hydrogen-bond donors (Lipinski definition) is 2. The van der Waals surface area contributed by atoms with Crippen molar-refractivity contribution >= 4 is 29.9 Å². The Hall–Kier alpha value is -0.820. The molecule has 1 rings (SSSR count). The molecule has 0 saturated carbocycles. The van der Waals surface area contributed by atoms with Gasteiger partial charge in [0.15, 0.2) is 5.96 Å². The van der Waals surface area contributed by atoms with E-state index >= 15 is 0 Å². The van der Waals surface area contributed by atoms with Crippen molar-refractivity contribution in [1.82, 2.24) is 15.5 Å². The van der Waals surface area contributed by atoms with Crippen molar-refractivity contribution in [3.8, 4) is 0 Å². The first-order valence-electron chi connectivity index (χ1n) is 7.98. The van der Waals surface area contributed by atoms with Gasteiger partial charge in [0, 0.05) is 26.7 Å². The Morgan fingerprint density at radius 3 is 2.09 bits per heavy atom. The summed E-state index contributed by atoms with van der Waals surface area (Å²) < 4.78 is 0. The monoisotopic (exact) mass is 418 g/mol. The van der Waals surface area contributed by atoms with Gasteiger partial charge in [-0.1, -0.05) is 45.0 Å². The molecule has 1 aromatic carbocycles. The summed E-state index contributed by atoms with van der Waals surface area (Å²) in [6.45, 7) is 11.5. The highest BCUT2D eigenvalue weighted by molar-refractivity contribution is 14.0. The van der Waals surface area contributed by atoms with Gasteiger partial charge in [0.05, 0.1) is 0 Å². The Balaban J connectivity index is 0.00000441. The third kappa shape index (κ3) is 7.98. The molecule has 126 valence electrons. The normalized spacial score (nSPS) is 11.2. The molecule has 0 saturated heterocycles. The molecule has 0 heterocycles. The number of nitrogens with zero attached hydrogens (tertiary/aromatic N) is 2. The Morgan fingerprint density at radius 1 is 1.00 bits per heavy atom. The first-order chi connectivity index (χ1) is 10.2. The predicted octanol–water partition coefficient (Wildman–Crippen LogP) is 3.22. The Morgan fingerprint density at radius 2 is 1.59 bits per heavy atom. The maximum atomic E-state index is 4.21. The second kappa shape index (κ2) is 12.7. The lowest BCUT2D eigenvalue weighted by Crippen LogP contribution is -2.37. The minimum absolute atomic E-state index is 0. The largest absolute Gasteiger partial charge is 0.356 e. The van der Waals surface area contributed by atoms with Gasteiger partial charge in [-0.3, -0.25) is 9.89 Å². The van der Waals surface area contributed by atoms with E-state index in [1.165, 1.54) is 11.1 Å². The van der Waals surface area contributed by atoms with Gasteiger partial charge in [0.25, 0.3) is 0 Å². The van der Waals surface area contributed by atoms with Crippen LogP contribution in [0.15, 0.2) is 29.3 Å². The number of nitrogens with one attached hydrogen (secondary N) is 2. The summed E-state index contributed by atoms with van der Waals surface area (Å²) in [5.74, 6) is 0.865. The SMILES string of the molecule is CCCNC(=NC)NCc1ccc(CN(CC)CC)cc1.I. The summed E-state index contributed by atoms with van der Waals surface area (Å²) in [6.07, 6.45) is 1.10. The van der Waals surface area contributed by atoms with Gasteiger partial charge in [0.2, 0.25) is 0 Å². The summed E-state index contributed by atoms with van der Waals surface area (Å²) in [5, 5.41) is 6.61. The summed E-state index contributed by atoms with van der Waals surface area (Å²) in [7, 11) is 1.80. The van der Waals surface area contributed by atoms with Crippen molar-refractivity contribution in [3.05, 3.63) is 35.4 Å². The minimum atomic E-state index is 0. The topological polar surface area (TPSA) is 39.7 Å². The van der Waals surface area contributed by atoms with Crippen LogP contribution in [0.1, 0.15) is 38.3 Å². The third-order valence-electron chi connectivity index (χ3n) is 3.55. The van der Waals surface area contributed by atoms with E-state index < -0.39 is 0 Å². The molecule has 2 N–H and O–H groups in total. The number of benzene rings is 1. The average molecular weight is 418 g/mol. The van der Waals surface area contributed by atoms with Gasteiger partial charge < -0.3 is 10.6 Å². The lowest BCUT2D eigenvalue weighted by atomic mass is 10.1. The van der Waals surface area contributed by atoms with Crippen LogP contribution in [0, 0.1) is 0 Å². The van der Waals surface area contributed by atoms with Gasteiger partial charge in [0.1, 0.15) is 0 Å². The number of rotatable bonds is 8. The lowest BCUT2D eigenvalue weighted by Gasteiger charge is -2.18. The molecule has 22 heavy (non-hydrogen) atoms. The van der Waals surface area contributed by atoms with E-state index in [2.05, 4.69) is 65.6 Å². The van der Waals surface area contributed by atoms with Crippen LogP contribution in [-0.2, 0) is 13.1 Å². The van der Waals surface area contributed by atoms with E-state index in [0.717, 1.165) is 45.1 Å². The zero-order valence-corrected chi connectivity index (χ0v) is 16.7. The fourth-order valence-electron chi connectivity index (χ4n) is 2.12. The van der Waals surface area contributed by atoms with Gasteiger partial charge in [-0.05, 0) is 30.6 Å². The van der Waals surface area contributed by atoms with Crippen LogP contribution < -0.4 is 10.6 Å². The van der Waals surface area contributed by atoms with Crippen LogP contribution >= 0.6 is 24.0 Å². The fourth-order valence-corrected chi connectivity index (χ4v) is 2.12. The highest BCUT2D eigenvalue weighted by Crippen LogP contribution is 2.07. The molecule has 0 radical (unpaired) electrons. The Bertz CT molecular complexity index is 413. The van der Waals surface area contributed by atoms with E-state index in [9.17, 15) is 0 Å². The van der Waals surface area contributed by atoms with Crippen molar-refractivity contribution in [2.24, 2.45) is 4.99 Å². The molecule has 0 amide bonds. The van der Waals surface area contributed by atoms with E-state index in [0.29, 0.717) is 0 Å². The van der Waals surface area contributed by atoms with E-state index in [1.54, 1.807) is 7.05 Å². The van der Waals surface area contributed by atoms with E-state index in [4.69, 9.17) is 0 Å². The maximum absolute atomic E-state index is 4.21. The standard InChI is InChI=1S/C17H30N4.HI/c1-5-12-19-17(18-4)20-13-15-8-10-16(11-9-15)14-21(6-2)7-3;/h8-11H,5-7,12-14H2,1-4H3,(H2,18,19,20);1H. The molecule has 0 aliphatic rings. The molecule has 5 heteroatoms. The van der Waals surface area contributed by atoms with Crippen LogP contribution in [-0.4, -0.2) is 37.5 Å². The van der Waals surface area contributed by atoms with Crippen LogP contribution in [0.3, 0.4) is 0 Å². The van der Waals surface area contributed by atoms with Crippen molar-refractivity contribution in [3.63, 3.8) is 0 Å². The van der Waals surface area contributed by atoms with Crippen LogP contribution in [0.5, 0.6) is 0 Å². The van der Waals surface area contributed by atoms with Gasteiger partial charge in [-0.2, -0.15) is 0 Å². The first-order valence-corrected chi connectivity index (χ1v) is 7.98. The Kier molecular flexibility index (Phi) is 12.2. The molecule has 0 bridgehead atoms. The van der Waals surface area contributed by atoms with Crippen molar-refractivity contribution in [1.29, 1.82) is 0 Å². The molecular formula is C17H31IN4. The molecule has 0 atom stereocenters. The molecule has 0 aliphatic heterocycles. The molecule has 0 spiro atoms. The zero-order valence-electron chi connectivity index (χ0n) is 14.4. The van der Waals surface area contributed by atoms with Gasteiger partial charge in [-0.25, -0.2) is 0 Å². The second-order valence-corrected chi connectivity index (χ2v) is 5.13. The van der Waals surface area contributed by atoms with Crippen molar-refractivity contribution in [2.45, 2.75) is 40.3 Å². The minimum Gasteiger partial charge on any atom is -0.356 e. The molecule has 0 fully saturated rings. The highest BCUT2D eigenvalue weighted by atomic mass is 127. The van der Waals surface area contributed by atoms with Crippen molar-refractivity contribution in [2.75, 3.05) is 26.7 Å². The summed E-state index contributed by atoms with van der Waals surface area (Å²) >= 11 is 0. The quantitative estimate of drug-likeness (QED) is 0.387. The lowest BCUT2D eigenvalue weighted by molar-refractivity contribution is 0.296. The average Bonchev–Trinajstić information content (AvgIpc) is 2.54. The summed E-state index contributed by atoms with van der Waals surface area (Å²) in [4.78, 5) is 6.63. The van der Waals surface area contributed by atoms with Crippen LogP contribution in [0.2, 0.25) is 0 Å². The molecule has 0 aliphatic carbocycles. The second-order valence-electron chi connectivity index (χ2n) is 5.13. The Labute approximate surface area is 152 Å². The third-order valence-corrected chi connectivity index (χ3v) is 3.55. The molecule has 4 nitrogen and oxygen atoms in total. The smallest absolute Gasteiger partial charge is 0.191 e. The number of aliphatic imine (C=N–C) groups is 1. The fraction of sp³-hybridized carbons (Fsp3) is 0.588. The number of halogens is 1. The van der Waals surface area contributed by atoms with E-state index in [1.807, 2.05) is 0 Å². The van der Waals surface area contributed by atoms with Gasteiger partial charge in [-0.15, -0.1) is 24.0 Å². The summed E-state index contributed by atoms with van der Waals surface area (Å²) in [5.41, 5.74) is 2.65. The molecule has 0 unspecified atom stereocenters. The van der Waals surface area contributed by atoms with Crippen LogP contribution in [0.4, 0.5) is 0 Å². The van der Waals surface area contributed by atoms with Crippen molar-refractivity contribution < 1.29 is 0 Å².